The Morgan fingerprint density at radius 2 is 1.79 bits per heavy atom. The van der Waals surface area contributed by atoms with Gasteiger partial charge in [-0.2, -0.15) is 5.10 Å². The van der Waals surface area contributed by atoms with E-state index in [-0.39, 0.29) is 5.91 Å². The number of carbonyl (C=O) groups is 1. The van der Waals surface area contributed by atoms with E-state index in [2.05, 4.69) is 20.7 Å². The molecular formula is C24H29N5O4. The molecule has 0 aliphatic carbocycles. The van der Waals surface area contributed by atoms with Gasteiger partial charge in [0, 0.05) is 35.6 Å². The van der Waals surface area contributed by atoms with E-state index in [0.717, 1.165) is 22.6 Å². The van der Waals surface area contributed by atoms with Crippen LogP contribution < -0.4 is 24.8 Å². The third kappa shape index (κ3) is 5.62. The van der Waals surface area contributed by atoms with Gasteiger partial charge in [0.15, 0.2) is 11.5 Å². The Balaban J connectivity index is 1.89. The molecule has 3 aromatic rings. The molecule has 0 saturated carbocycles. The molecule has 1 aromatic heterocycles. The Bertz CT molecular complexity index is 1170. The maximum Gasteiger partial charge on any atom is 0.258 e. The van der Waals surface area contributed by atoms with Crippen molar-refractivity contribution in [1.82, 2.24) is 15.1 Å². The molecule has 0 bridgehead atoms. The van der Waals surface area contributed by atoms with Crippen molar-refractivity contribution in [3.63, 3.8) is 0 Å². The Hall–Kier alpha value is -4.01. The summed E-state index contributed by atoms with van der Waals surface area (Å²) < 4.78 is 17.7. The Morgan fingerprint density at radius 3 is 2.42 bits per heavy atom. The summed E-state index contributed by atoms with van der Waals surface area (Å²) in [5.41, 5.74) is 4.04. The molecule has 9 heteroatoms. The van der Waals surface area contributed by atoms with Crippen LogP contribution in [0.4, 0.5) is 5.69 Å². The fourth-order valence-corrected chi connectivity index (χ4v) is 3.31. The molecule has 0 atom stereocenters. The van der Waals surface area contributed by atoms with E-state index in [1.165, 1.54) is 7.11 Å². The minimum absolute atomic E-state index is 0.297. The SMILES string of the molecule is COc1cccc(NC(=NCc2c(C)nn(C)c2C)NC(=O)c2ccc(OC)c(OC)c2)c1. The van der Waals surface area contributed by atoms with Crippen LogP contribution >= 0.6 is 0 Å². The summed E-state index contributed by atoms with van der Waals surface area (Å²) >= 11 is 0. The van der Waals surface area contributed by atoms with Gasteiger partial charge in [-0.05, 0) is 44.2 Å². The second kappa shape index (κ2) is 10.5. The second-order valence-corrected chi connectivity index (χ2v) is 7.32. The molecule has 1 heterocycles. The fourth-order valence-electron chi connectivity index (χ4n) is 3.31. The molecule has 0 aliphatic rings. The van der Waals surface area contributed by atoms with Gasteiger partial charge in [0.25, 0.3) is 5.91 Å². The molecule has 3 rings (SSSR count). The normalized spacial score (nSPS) is 11.2. The van der Waals surface area contributed by atoms with Crippen LogP contribution in [-0.2, 0) is 13.6 Å². The second-order valence-electron chi connectivity index (χ2n) is 7.32. The Morgan fingerprint density at radius 1 is 1.03 bits per heavy atom. The maximum atomic E-state index is 13.0. The van der Waals surface area contributed by atoms with Crippen LogP contribution in [-0.4, -0.2) is 43.0 Å². The van der Waals surface area contributed by atoms with E-state index in [1.54, 1.807) is 32.4 Å². The largest absolute Gasteiger partial charge is 0.497 e. The van der Waals surface area contributed by atoms with E-state index in [0.29, 0.717) is 35.3 Å². The zero-order chi connectivity index (χ0) is 24.0. The van der Waals surface area contributed by atoms with Crippen molar-refractivity contribution in [2.75, 3.05) is 26.6 Å². The first-order valence-electron chi connectivity index (χ1n) is 10.3. The smallest absolute Gasteiger partial charge is 0.258 e. The highest BCUT2D eigenvalue weighted by Gasteiger charge is 2.15. The average molecular weight is 452 g/mol. The predicted octanol–water partition coefficient (Wildman–Crippen LogP) is 3.46. The van der Waals surface area contributed by atoms with Crippen molar-refractivity contribution in [3.8, 4) is 17.2 Å². The maximum absolute atomic E-state index is 13.0. The third-order valence-corrected chi connectivity index (χ3v) is 5.26. The lowest BCUT2D eigenvalue weighted by atomic mass is 10.2. The number of benzene rings is 2. The Labute approximate surface area is 193 Å². The minimum Gasteiger partial charge on any atom is -0.497 e. The number of hydrogen-bond donors (Lipinski definition) is 2. The predicted molar refractivity (Wildman–Crippen MR) is 127 cm³/mol. The zero-order valence-corrected chi connectivity index (χ0v) is 19.7. The summed E-state index contributed by atoms with van der Waals surface area (Å²) in [4.78, 5) is 17.7. The van der Waals surface area contributed by atoms with Crippen molar-refractivity contribution >= 4 is 17.6 Å². The number of carbonyl (C=O) groups excluding carboxylic acids is 1. The molecule has 0 aliphatic heterocycles. The standard InChI is InChI=1S/C24H29N5O4/c1-15-20(16(2)29(3)28-15)14-25-24(26-18-8-7-9-19(13-18)31-4)27-23(30)17-10-11-21(32-5)22(12-17)33-6/h7-13H,14H2,1-6H3,(H2,25,26,27,30). The van der Waals surface area contributed by atoms with Crippen molar-refractivity contribution in [2.45, 2.75) is 20.4 Å². The van der Waals surface area contributed by atoms with Gasteiger partial charge in [0.05, 0.1) is 33.6 Å². The van der Waals surface area contributed by atoms with E-state index in [9.17, 15) is 4.79 Å². The molecule has 9 nitrogen and oxygen atoms in total. The van der Waals surface area contributed by atoms with Gasteiger partial charge in [-0.15, -0.1) is 0 Å². The highest BCUT2D eigenvalue weighted by atomic mass is 16.5. The van der Waals surface area contributed by atoms with Gasteiger partial charge in [-0.3, -0.25) is 14.8 Å². The number of rotatable bonds is 7. The number of amides is 1. The lowest BCUT2D eigenvalue weighted by Crippen LogP contribution is -2.36. The number of guanidine groups is 1. The number of aryl methyl sites for hydroxylation is 2. The molecule has 174 valence electrons. The van der Waals surface area contributed by atoms with Crippen LogP contribution in [0.25, 0.3) is 0 Å². The van der Waals surface area contributed by atoms with E-state index in [4.69, 9.17) is 14.2 Å². The van der Waals surface area contributed by atoms with Gasteiger partial charge < -0.3 is 19.5 Å². The Kier molecular flexibility index (Phi) is 7.55. The molecule has 0 unspecified atom stereocenters. The van der Waals surface area contributed by atoms with Gasteiger partial charge in [0.1, 0.15) is 5.75 Å². The first kappa shape index (κ1) is 23.6. The molecule has 0 spiro atoms. The van der Waals surface area contributed by atoms with E-state index in [1.807, 2.05) is 49.8 Å². The monoisotopic (exact) mass is 451 g/mol. The van der Waals surface area contributed by atoms with Crippen LogP contribution in [0, 0.1) is 13.8 Å². The number of ether oxygens (including phenoxy) is 3. The number of aromatic nitrogens is 2. The molecule has 0 fully saturated rings. The van der Waals surface area contributed by atoms with Crippen LogP contribution in [0.5, 0.6) is 17.2 Å². The molecule has 2 aromatic carbocycles. The molecule has 1 amide bonds. The molecule has 0 saturated heterocycles. The van der Waals surface area contributed by atoms with Crippen molar-refractivity contribution < 1.29 is 19.0 Å². The first-order chi connectivity index (χ1) is 15.9. The fraction of sp³-hybridized carbons (Fsp3) is 0.292. The number of nitrogens with one attached hydrogen (secondary N) is 2. The highest BCUT2D eigenvalue weighted by Crippen LogP contribution is 2.27. The minimum atomic E-state index is -0.343. The van der Waals surface area contributed by atoms with Gasteiger partial charge >= 0.3 is 0 Å². The summed E-state index contributed by atoms with van der Waals surface area (Å²) in [7, 11) is 6.56. The van der Waals surface area contributed by atoms with Gasteiger partial charge in [0.2, 0.25) is 5.96 Å². The van der Waals surface area contributed by atoms with Crippen LogP contribution in [0.2, 0.25) is 0 Å². The van der Waals surface area contributed by atoms with Crippen LogP contribution in [0.15, 0.2) is 47.5 Å². The number of methoxy groups -OCH3 is 3. The topological polar surface area (TPSA) is 99.0 Å². The summed E-state index contributed by atoms with van der Waals surface area (Å²) in [6.07, 6.45) is 0. The van der Waals surface area contributed by atoms with Crippen LogP contribution in [0.3, 0.4) is 0 Å². The summed E-state index contributed by atoms with van der Waals surface area (Å²) in [6, 6.07) is 12.3. The summed E-state index contributed by atoms with van der Waals surface area (Å²) in [5, 5.41) is 10.5. The van der Waals surface area contributed by atoms with E-state index >= 15 is 0 Å². The number of hydrogen-bond acceptors (Lipinski definition) is 6. The third-order valence-electron chi connectivity index (χ3n) is 5.26. The highest BCUT2D eigenvalue weighted by molar-refractivity contribution is 6.10. The zero-order valence-electron chi connectivity index (χ0n) is 19.7. The molecule has 2 N–H and O–H groups in total. The number of anilines is 1. The summed E-state index contributed by atoms with van der Waals surface area (Å²) in [5.74, 6) is 1.64. The lowest BCUT2D eigenvalue weighted by Gasteiger charge is -2.14. The van der Waals surface area contributed by atoms with Crippen molar-refractivity contribution in [3.05, 3.63) is 65.0 Å². The van der Waals surface area contributed by atoms with Gasteiger partial charge in [-0.25, -0.2) is 4.99 Å². The molecular weight excluding hydrogens is 422 g/mol. The molecule has 0 radical (unpaired) electrons. The van der Waals surface area contributed by atoms with E-state index < -0.39 is 0 Å². The van der Waals surface area contributed by atoms with Crippen LogP contribution in [0.1, 0.15) is 27.3 Å². The molecule has 33 heavy (non-hydrogen) atoms. The average Bonchev–Trinajstić information content (AvgIpc) is 3.07. The summed E-state index contributed by atoms with van der Waals surface area (Å²) in [6.45, 7) is 4.28. The lowest BCUT2D eigenvalue weighted by molar-refractivity contribution is 0.0976. The quantitative estimate of drug-likeness (QED) is 0.422. The first-order valence-corrected chi connectivity index (χ1v) is 10.3. The number of aliphatic imine (C=N–C) groups is 1. The number of nitrogens with zero attached hydrogens (tertiary/aromatic N) is 3. The van der Waals surface area contributed by atoms with Crippen molar-refractivity contribution in [2.24, 2.45) is 12.0 Å². The van der Waals surface area contributed by atoms with Gasteiger partial charge in [-0.1, -0.05) is 6.07 Å². The van der Waals surface area contributed by atoms with Crippen molar-refractivity contribution in [1.29, 1.82) is 0 Å².